The molecule has 26 heavy (non-hydrogen) atoms. The highest BCUT2D eigenvalue weighted by molar-refractivity contribution is 6.35. The van der Waals surface area contributed by atoms with Gasteiger partial charge < -0.3 is 5.32 Å². The van der Waals surface area contributed by atoms with E-state index in [4.69, 9.17) is 23.2 Å². The van der Waals surface area contributed by atoms with Crippen molar-refractivity contribution >= 4 is 46.6 Å². The normalized spacial score (nSPS) is 13.0. The fraction of sp³-hybridized carbons (Fsp3) is 0.167. The molecule has 2 aromatic carbocycles. The summed E-state index contributed by atoms with van der Waals surface area (Å²) in [5.41, 5.74) is 5.93. The number of halogens is 2. The van der Waals surface area contributed by atoms with Crippen molar-refractivity contribution in [2.45, 2.75) is 12.8 Å². The maximum atomic E-state index is 12.2. The molecule has 3 rings (SSSR count). The summed E-state index contributed by atoms with van der Waals surface area (Å²) in [6, 6.07) is 10.8. The molecule has 2 aromatic rings. The van der Waals surface area contributed by atoms with Crippen LogP contribution in [0.1, 0.15) is 33.6 Å². The standard InChI is InChI=1S/C18H15Cl2N3O3/c19-13-7-12(8-14(20)9-13)16(24)21-15-5-3-11(4-6-15)18(26)23-22-17(25)10-1-2-10/h3-10H,1-2H2,(H,21,24)(H,22,25)(H,23,26). The highest BCUT2D eigenvalue weighted by Gasteiger charge is 2.29. The summed E-state index contributed by atoms with van der Waals surface area (Å²) in [4.78, 5) is 35.7. The van der Waals surface area contributed by atoms with E-state index in [0.29, 0.717) is 26.9 Å². The van der Waals surface area contributed by atoms with E-state index in [-0.39, 0.29) is 17.7 Å². The topological polar surface area (TPSA) is 87.3 Å². The number of nitrogens with one attached hydrogen (secondary N) is 3. The van der Waals surface area contributed by atoms with Gasteiger partial charge in [-0.15, -0.1) is 0 Å². The van der Waals surface area contributed by atoms with Crippen molar-refractivity contribution in [3.05, 3.63) is 63.6 Å². The lowest BCUT2D eigenvalue weighted by Gasteiger charge is -2.09. The Morgan fingerprint density at radius 1 is 0.808 bits per heavy atom. The van der Waals surface area contributed by atoms with E-state index in [2.05, 4.69) is 16.2 Å². The minimum atomic E-state index is -0.432. The second-order valence-corrected chi connectivity index (χ2v) is 6.78. The third kappa shape index (κ3) is 4.74. The molecular weight excluding hydrogens is 377 g/mol. The Morgan fingerprint density at radius 3 is 2.00 bits per heavy atom. The Bertz CT molecular complexity index is 844. The molecule has 3 N–H and O–H groups in total. The molecule has 0 aromatic heterocycles. The monoisotopic (exact) mass is 391 g/mol. The molecule has 1 saturated carbocycles. The number of hydrazine groups is 1. The molecule has 0 radical (unpaired) electrons. The summed E-state index contributed by atoms with van der Waals surface area (Å²) in [5, 5.41) is 3.42. The number of anilines is 1. The van der Waals surface area contributed by atoms with Gasteiger partial charge in [0.25, 0.3) is 11.8 Å². The molecule has 1 aliphatic carbocycles. The average molecular weight is 392 g/mol. The third-order valence-corrected chi connectivity index (χ3v) is 4.21. The third-order valence-electron chi connectivity index (χ3n) is 3.78. The Balaban J connectivity index is 1.59. The van der Waals surface area contributed by atoms with Gasteiger partial charge in [-0.05, 0) is 55.3 Å². The zero-order chi connectivity index (χ0) is 18.7. The lowest BCUT2D eigenvalue weighted by atomic mass is 10.1. The molecule has 0 spiro atoms. The van der Waals surface area contributed by atoms with Gasteiger partial charge in [0.2, 0.25) is 5.91 Å². The fourth-order valence-corrected chi connectivity index (χ4v) is 2.76. The van der Waals surface area contributed by atoms with Crippen LogP contribution in [0.25, 0.3) is 0 Å². The van der Waals surface area contributed by atoms with Crippen LogP contribution in [0.15, 0.2) is 42.5 Å². The van der Waals surface area contributed by atoms with Crippen molar-refractivity contribution in [1.82, 2.24) is 10.9 Å². The van der Waals surface area contributed by atoms with E-state index in [9.17, 15) is 14.4 Å². The summed E-state index contributed by atoms with van der Waals surface area (Å²) in [6.07, 6.45) is 1.71. The molecule has 0 unspecified atom stereocenters. The number of benzene rings is 2. The molecule has 0 heterocycles. The first-order valence-corrected chi connectivity index (χ1v) is 8.65. The molecule has 6 nitrogen and oxygen atoms in total. The molecule has 0 saturated heterocycles. The zero-order valence-corrected chi connectivity index (χ0v) is 15.0. The van der Waals surface area contributed by atoms with E-state index in [1.807, 2.05) is 0 Å². The second kappa shape index (κ2) is 7.76. The van der Waals surface area contributed by atoms with E-state index in [0.717, 1.165) is 12.8 Å². The van der Waals surface area contributed by atoms with Crippen molar-refractivity contribution in [3.63, 3.8) is 0 Å². The Hall–Kier alpha value is -2.57. The van der Waals surface area contributed by atoms with Crippen LogP contribution in [0.2, 0.25) is 10.0 Å². The molecule has 3 amide bonds. The molecular formula is C18H15Cl2N3O3. The van der Waals surface area contributed by atoms with E-state index < -0.39 is 5.91 Å². The lowest BCUT2D eigenvalue weighted by Crippen LogP contribution is -2.42. The minimum Gasteiger partial charge on any atom is -0.322 e. The smallest absolute Gasteiger partial charge is 0.269 e. The van der Waals surface area contributed by atoms with Crippen LogP contribution in [0.3, 0.4) is 0 Å². The summed E-state index contributed by atoms with van der Waals surface area (Å²) < 4.78 is 0. The summed E-state index contributed by atoms with van der Waals surface area (Å²) in [5.74, 6) is -0.975. The molecule has 0 atom stereocenters. The van der Waals surface area contributed by atoms with Crippen molar-refractivity contribution in [2.24, 2.45) is 5.92 Å². The largest absolute Gasteiger partial charge is 0.322 e. The van der Waals surface area contributed by atoms with Gasteiger partial charge in [-0.25, -0.2) is 0 Å². The maximum Gasteiger partial charge on any atom is 0.269 e. The van der Waals surface area contributed by atoms with Gasteiger partial charge in [-0.2, -0.15) is 0 Å². The van der Waals surface area contributed by atoms with Crippen LogP contribution in [0, 0.1) is 5.92 Å². The van der Waals surface area contributed by atoms with Gasteiger partial charge in [0.05, 0.1) is 0 Å². The lowest BCUT2D eigenvalue weighted by molar-refractivity contribution is -0.123. The molecule has 0 bridgehead atoms. The minimum absolute atomic E-state index is 0.00730. The SMILES string of the molecule is O=C(NNC(=O)C1CC1)c1ccc(NC(=O)c2cc(Cl)cc(Cl)c2)cc1. The maximum absolute atomic E-state index is 12.2. The van der Waals surface area contributed by atoms with Crippen LogP contribution < -0.4 is 16.2 Å². The highest BCUT2D eigenvalue weighted by Crippen LogP contribution is 2.28. The molecule has 1 fully saturated rings. The average Bonchev–Trinajstić information content (AvgIpc) is 3.44. The predicted octanol–water partition coefficient (Wildman–Crippen LogP) is 3.42. The van der Waals surface area contributed by atoms with Crippen molar-refractivity contribution < 1.29 is 14.4 Å². The number of amides is 3. The van der Waals surface area contributed by atoms with E-state index in [1.165, 1.54) is 18.2 Å². The quantitative estimate of drug-likeness (QED) is 0.697. The van der Waals surface area contributed by atoms with Crippen LogP contribution in [-0.2, 0) is 4.79 Å². The molecule has 134 valence electrons. The number of carbonyl (C=O) groups excluding carboxylic acids is 3. The van der Waals surface area contributed by atoms with Gasteiger partial charge in [-0.3, -0.25) is 25.2 Å². The first kappa shape index (κ1) is 18.2. The van der Waals surface area contributed by atoms with Crippen LogP contribution in [0.5, 0.6) is 0 Å². The highest BCUT2D eigenvalue weighted by atomic mass is 35.5. The van der Waals surface area contributed by atoms with E-state index >= 15 is 0 Å². The molecule has 0 aliphatic heterocycles. The second-order valence-electron chi connectivity index (χ2n) is 5.91. The van der Waals surface area contributed by atoms with Gasteiger partial charge >= 0.3 is 0 Å². The number of hydrogen-bond acceptors (Lipinski definition) is 3. The Kier molecular flexibility index (Phi) is 5.44. The van der Waals surface area contributed by atoms with Crippen molar-refractivity contribution in [3.8, 4) is 0 Å². The number of carbonyl (C=O) groups is 3. The number of hydrogen-bond donors (Lipinski definition) is 3. The van der Waals surface area contributed by atoms with E-state index in [1.54, 1.807) is 24.3 Å². The molecule has 8 heteroatoms. The van der Waals surface area contributed by atoms with Gasteiger partial charge in [-0.1, -0.05) is 23.2 Å². The molecule has 1 aliphatic rings. The van der Waals surface area contributed by atoms with Crippen molar-refractivity contribution in [2.75, 3.05) is 5.32 Å². The first-order valence-electron chi connectivity index (χ1n) is 7.90. The Morgan fingerprint density at radius 2 is 1.42 bits per heavy atom. The Labute approximate surface area is 159 Å². The van der Waals surface area contributed by atoms with Gasteiger partial charge in [0.1, 0.15) is 0 Å². The fourth-order valence-electron chi connectivity index (χ4n) is 2.23. The number of rotatable bonds is 4. The zero-order valence-electron chi connectivity index (χ0n) is 13.5. The van der Waals surface area contributed by atoms with Crippen LogP contribution in [0.4, 0.5) is 5.69 Å². The van der Waals surface area contributed by atoms with Gasteiger partial charge in [0, 0.05) is 32.8 Å². The summed E-state index contributed by atoms with van der Waals surface area (Å²) in [6.45, 7) is 0. The van der Waals surface area contributed by atoms with Crippen LogP contribution >= 0.6 is 23.2 Å². The van der Waals surface area contributed by atoms with Gasteiger partial charge in [0.15, 0.2) is 0 Å². The predicted molar refractivity (Wildman–Crippen MR) is 99.2 cm³/mol. The van der Waals surface area contributed by atoms with Crippen LogP contribution in [-0.4, -0.2) is 17.7 Å². The van der Waals surface area contributed by atoms with Crippen molar-refractivity contribution in [1.29, 1.82) is 0 Å². The summed E-state index contributed by atoms with van der Waals surface area (Å²) >= 11 is 11.8. The first-order chi connectivity index (χ1) is 12.4. The summed E-state index contributed by atoms with van der Waals surface area (Å²) in [7, 11) is 0.